The van der Waals surface area contributed by atoms with Crippen LogP contribution in [0.3, 0.4) is 0 Å². The summed E-state index contributed by atoms with van der Waals surface area (Å²) >= 11 is 6.07. The van der Waals surface area contributed by atoms with Crippen LogP contribution in [0.1, 0.15) is 32.7 Å². The first kappa shape index (κ1) is 14.0. The molecular weight excluding hydrogens is 262 g/mol. The lowest BCUT2D eigenvalue weighted by Crippen LogP contribution is -2.07. The van der Waals surface area contributed by atoms with Crippen molar-refractivity contribution in [2.45, 2.75) is 32.7 Å². The number of hydrogen-bond donors (Lipinski definition) is 1. The molecule has 0 saturated carbocycles. The van der Waals surface area contributed by atoms with Crippen molar-refractivity contribution in [1.82, 2.24) is 14.5 Å². The molecule has 4 nitrogen and oxygen atoms in total. The lowest BCUT2D eigenvalue weighted by atomic mass is 10.1. The lowest BCUT2D eigenvalue weighted by Gasteiger charge is -2.16. The summed E-state index contributed by atoms with van der Waals surface area (Å²) in [7, 11) is 0. The summed E-state index contributed by atoms with van der Waals surface area (Å²) in [6, 6.07) is 2.11. The monoisotopic (exact) mass is 279 g/mol. The number of aliphatic hydroxyl groups is 1. The van der Waals surface area contributed by atoms with E-state index in [-0.39, 0.29) is 12.6 Å². The smallest absolute Gasteiger partial charge is 0.145 e. The van der Waals surface area contributed by atoms with Gasteiger partial charge in [-0.3, -0.25) is 0 Å². The van der Waals surface area contributed by atoms with Crippen LogP contribution in [-0.2, 0) is 0 Å². The zero-order valence-corrected chi connectivity index (χ0v) is 11.9. The maximum Gasteiger partial charge on any atom is 0.145 e. The summed E-state index contributed by atoms with van der Waals surface area (Å²) in [5.41, 5.74) is 1.79. The Hall–Kier alpha value is -1.39. The Kier molecular flexibility index (Phi) is 4.56. The molecule has 0 aliphatic carbocycles. The third-order valence-corrected chi connectivity index (χ3v) is 3.43. The van der Waals surface area contributed by atoms with E-state index in [2.05, 4.69) is 27.5 Å². The Morgan fingerprint density at radius 3 is 3.00 bits per heavy atom. The van der Waals surface area contributed by atoms with Gasteiger partial charge in [0, 0.05) is 6.20 Å². The second-order valence-corrected chi connectivity index (χ2v) is 5.01. The first-order chi connectivity index (χ1) is 9.17. The summed E-state index contributed by atoms with van der Waals surface area (Å²) in [5, 5.41) is 10.5. The molecule has 0 amide bonds. The molecule has 1 atom stereocenters. The molecule has 19 heavy (non-hydrogen) atoms. The van der Waals surface area contributed by atoms with Gasteiger partial charge in [-0.1, -0.05) is 36.6 Å². The first-order valence-corrected chi connectivity index (χ1v) is 6.80. The summed E-state index contributed by atoms with van der Waals surface area (Å²) < 4.78 is 2.09. The van der Waals surface area contributed by atoms with Crippen LogP contribution in [0.2, 0.25) is 5.15 Å². The summed E-state index contributed by atoms with van der Waals surface area (Å²) in [6.07, 6.45) is 7.58. The summed E-state index contributed by atoms with van der Waals surface area (Å²) in [6.45, 7) is 4.15. The molecule has 2 aromatic heterocycles. The van der Waals surface area contributed by atoms with E-state index in [4.69, 9.17) is 11.6 Å². The van der Waals surface area contributed by atoms with Crippen LogP contribution < -0.4 is 0 Å². The van der Waals surface area contributed by atoms with Crippen LogP contribution in [0.5, 0.6) is 0 Å². The standard InChI is InChI=1S/C14H18ClN3O/c1-3-4-11(7-10(2)8-19)18-6-5-12-13(15)16-9-17-14(12)18/h5-7,9,11,19H,3-4,8H2,1-2H3/b10-7+. The Morgan fingerprint density at radius 1 is 1.53 bits per heavy atom. The van der Waals surface area contributed by atoms with Gasteiger partial charge in [0.2, 0.25) is 0 Å². The van der Waals surface area contributed by atoms with Crippen LogP contribution in [0.25, 0.3) is 11.0 Å². The van der Waals surface area contributed by atoms with E-state index < -0.39 is 0 Å². The molecule has 1 N–H and O–H groups in total. The maximum atomic E-state index is 9.18. The minimum atomic E-state index is 0.0785. The van der Waals surface area contributed by atoms with Gasteiger partial charge in [-0.05, 0) is 19.4 Å². The second kappa shape index (κ2) is 6.17. The zero-order valence-electron chi connectivity index (χ0n) is 11.2. The Morgan fingerprint density at radius 2 is 2.32 bits per heavy atom. The fraction of sp³-hybridized carbons (Fsp3) is 0.429. The van der Waals surface area contributed by atoms with E-state index in [0.29, 0.717) is 5.15 Å². The van der Waals surface area contributed by atoms with Gasteiger partial charge in [-0.15, -0.1) is 0 Å². The largest absolute Gasteiger partial charge is 0.392 e. The molecule has 2 rings (SSSR count). The van der Waals surface area contributed by atoms with Gasteiger partial charge in [0.1, 0.15) is 17.1 Å². The number of nitrogens with zero attached hydrogens (tertiary/aromatic N) is 3. The van der Waals surface area contributed by atoms with Crippen molar-refractivity contribution in [3.8, 4) is 0 Å². The van der Waals surface area contributed by atoms with Gasteiger partial charge < -0.3 is 9.67 Å². The average molecular weight is 280 g/mol. The third kappa shape index (κ3) is 2.96. The van der Waals surface area contributed by atoms with Crippen molar-refractivity contribution in [1.29, 1.82) is 0 Å². The van der Waals surface area contributed by atoms with Crippen LogP contribution in [0.15, 0.2) is 30.2 Å². The van der Waals surface area contributed by atoms with Gasteiger partial charge in [0.25, 0.3) is 0 Å². The minimum absolute atomic E-state index is 0.0785. The topological polar surface area (TPSA) is 50.9 Å². The van der Waals surface area contributed by atoms with Crippen LogP contribution in [-0.4, -0.2) is 26.2 Å². The molecule has 102 valence electrons. The Balaban J connectivity index is 2.47. The normalized spacial score (nSPS) is 14.0. The number of rotatable bonds is 5. The highest BCUT2D eigenvalue weighted by molar-refractivity contribution is 6.33. The molecule has 0 bridgehead atoms. The molecule has 0 fully saturated rings. The van der Waals surface area contributed by atoms with Crippen molar-refractivity contribution in [2.75, 3.05) is 6.61 Å². The van der Waals surface area contributed by atoms with Crippen molar-refractivity contribution in [2.24, 2.45) is 0 Å². The highest BCUT2D eigenvalue weighted by atomic mass is 35.5. The summed E-state index contributed by atoms with van der Waals surface area (Å²) in [4.78, 5) is 8.30. The van der Waals surface area contributed by atoms with Crippen LogP contribution in [0.4, 0.5) is 0 Å². The minimum Gasteiger partial charge on any atom is -0.392 e. The van der Waals surface area contributed by atoms with E-state index in [1.54, 1.807) is 0 Å². The molecule has 2 aromatic rings. The Labute approximate surface area is 117 Å². The molecule has 0 spiro atoms. The Bertz CT molecular complexity index is 591. The van der Waals surface area contributed by atoms with E-state index >= 15 is 0 Å². The highest BCUT2D eigenvalue weighted by Crippen LogP contribution is 2.26. The van der Waals surface area contributed by atoms with E-state index in [0.717, 1.165) is 29.4 Å². The second-order valence-electron chi connectivity index (χ2n) is 4.65. The molecule has 0 aliphatic rings. The van der Waals surface area contributed by atoms with Gasteiger partial charge in [0.05, 0.1) is 18.0 Å². The number of fused-ring (bicyclic) bond motifs is 1. The predicted molar refractivity (Wildman–Crippen MR) is 77.3 cm³/mol. The van der Waals surface area contributed by atoms with Crippen molar-refractivity contribution < 1.29 is 5.11 Å². The van der Waals surface area contributed by atoms with E-state index in [1.807, 2.05) is 19.2 Å². The molecule has 1 unspecified atom stereocenters. The SMILES string of the molecule is CCCC(/C=C(\C)CO)n1ccc2c(Cl)ncnc21. The predicted octanol–water partition coefficient (Wildman–Crippen LogP) is 3.36. The van der Waals surface area contributed by atoms with Gasteiger partial charge in [0.15, 0.2) is 0 Å². The fourth-order valence-corrected chi connectivity index (χ4v) is 2.38. The third-order valence-electron chi connectivity index (χ3n) is 3.13. The van der Waals surface area contributed by atoms with Crippen LogP contribution in [0, 0.1) is 0 Å². The number of aliphatic hydroxyl groups excluding tert-OH is 1. The maximum absolute atomic E-state index is 9.18. The van der Waals surface area contributed by atoms with E-state index in [1.165, 1.54) is 6.33 Å². The molecule has 0 radical (unpaired) electrons. The molecule has 5 heteroatoms. The molecule has 0 aliphatic heterocycles. The van der Waals surface area contributed by atoms with Crippen LogP contribution >= 0.6 is 11.6 Å². The molecule has 0 saturated heterocycles. The zero-order chi connectivity index (χ0) is 13.8. The fourth-order valence-electron chi connectivity index (χ4n) is 2.19. The lowest BCUT2D eigenvalue weighted by molar-refractivity contribution is 0.329. The number of halogens is 1. The van der Waals surface area contributed by atoms with Crippen molar-refractivity contribution in [3.63, 3.8) is 0 Å². The van der Waals surface area contributed by atoms with Crippen molar-refractivity contribution in [3.05, 3.63) is 35.4 Å². The molecule has 2 heterocycles. The molecule has 0 aromatic carbocycles. The van der Waals surface area contributed by atoms with E-state index in [9.17, 15) is 5.11 Å². The summed E-state index contributed by atoms with van der Waals surface area (Å²) in [5.74, 6) is 0. The highest BCUT2D eigenvalue weighted by Gasteiger charge is 2.13. The number of hydrogen-bond acceptors (Lipinski definition) is 3. The van der Waals surface area contributed by atoms with Crippen molar-refractivity contribution >= 4 is 22.6 Å². The van der Waals surface area contributed by atoms with Gasteiger partial charge in [-0.25, -0.2) is 9.97 Å². The molecular formula is C14H18ClN3O. The van der Waals surface area contributed by atoms with Gasteiger partial charge in [-0.2, -0.15) is 0 Å². The first-order valence-electron chi connectivity index (χ1n) is 6.42. The quantitative estimate of drug-likeness (QED) is 0.674. The average Bonchev–Trinajstić information content (AvgIpc) is 2.83. The number of allylic oxidation sites excluding steroid dienone is 1. The van der Waals surface area contributed by atoms with Gasteiger partial charge >= 0.3 is 0 Å². The number of aromatic nitrogens is 3.